The van der Waals surface area contributed by atoms with Crippen molar-refractivity contribution in [2.24, 2.45) is 9.98 Å². The van der Waals surface area contributed by atoms with E-state index in [0.717, 1.165) is 29.2 Å². The van der Waals surface area contributed by atoms with Crippen LogP contribution in [0.2, 0.25) is 0 Å². The number of nitrogens with zero attached hydrogens (tertiary/aromatic N) is 2. The monoisotopic (exact) mass is 306 g/mol. The maximum absolute atomic E-state index is 4.82. The Balaban J connectivity index is 2.24. The Morgan fingerprint density at radius 3 is 1.26 bits per heavy atom. The average molecular weight is 306 g/mol. The Labute approximate surface area is 140 Å². The van der Waals surface area contributed by atoms with Crippen molar-refractivity contribution >= 4 is 22.8 Å². The fraction of sp³-hybridized carbons (Fsp3) is 0.333. The summed E-state index contributed by atoms with van der Waals surface area (Å²) in [6, 6.07) is 12.6. The van der Waals surface area contributed by atoms with Crippen LogP contribution in [0.25, 0.3) is 0 Å². The summed E-state index contributed by atoms with van der Waals surface area (Å²) in [6.07, 6.45) is 0.793. The molecule has 0 aliphatic carbocycles. The van der Waals surface area contributed by atoms with Crippen molar-refractivity contribution in [3.63, 3.8) is 0 Å². The van der Waals surface area contributed by atoms with Gasteiger partial charge in [0.15, 0.2) is 0 Å². The van der Waals surface area contributed by atoms with E-state index in [9.17, 15) is 0 Å². The lowest BCUT2D eigenvalue weighted by atomic mass is 10.1. The third-order valence-corrected chi connectivity index (χ3v) is 4.00. The zero-order valence-electron chi connectivity index (χ0n) is 15.1. The van der Waals surface area contributed by atoms with E-state index in [4.69, 9.17) is 9.98 Å². The Morgan fingerprint density at radius 2 is 0.957 bits per heavy atom. The predicted molar refractivity (Wildman–Crippen MR) is 102 cm³/mol. The first kappa shape index (κ1) is 17.1. The lowest BCUT2D eigenvalue weighted by Crippen LogP contribution is -2.01. The fourth-order valence-corrected chi connectivity index (χ4v) is 2.80. The van der Waals surface area contributed by atoms with Gasteiger partial charge in [-0.1, -0.05) is 36.4 Å². The van der Waals surface area contributed by atoms with Crippen LogP contribution in [0.1, 0.15) is 42.5 Å². The topological polar surface area (TPSA) is 24.7 Å². The van der Waals surface area contributed by atoms with Crippen LogP contribution in [0.5, 0.6) is 0 Å². The number of aryl methyl sites for hydroxylation is 4. The Kier molecular flexibility index (Phi) is 5.49. The second kappa shape index (κ2) is 7.36. The maximum Gasteiger partial charge on any atom is 0.0687 e. The van der Waals surface area contributed by atoms with Gasteiger partial charge in [0, 0.05) is 17.8 Å². The van der Waals surface area contributed by atoms with Gasteiger partial charge >= 0.3 is 0 Å². The molecular weight excluding hydrogens is 280 g/mol. The standard InChI is InChI=1S/C21H26N2/c1-14-9-7-10-15(2)20(14)22-18(5)13-19(6)23-21-16(3)11-8-12-17(21)4/h7-12H,13H2,1-6H3/b22-18-,23-19+. The van der Waals surface area contributed by atoms with Gasteiger partial charge in [-0.25, -0.2) is 0 Å². The van der Waals surface area contributed by atoms with Gasteiger partial charge in [-0.15, -0.1) is 0 Å². The molecule has 2 heteroatoms. The van der Waals surface area contributed by atoms with Crippen molar-refractivity contribution in [1.29, 1.82) is 0 Å². The molecule has 0 unspecified atom stereocenters. The van der Waals surface area contributed by atoms with Crippen LogP contribution in [-0.4, -0.2) is 11.4 Å². The Bertz CT molecular complexity index is 661. The minimum atomic E-state index is 0.793. The summed E-state index contributed by atoms with van der Waals surface area (Å²) in [7, 11) is 0. The molecule has 0 spiro atoms. The minimum Gasteiger partial charge on any atom is -0.257 e. The van der Waals surface area contributed by atoms with E-state index in [1.165, 1.54) is 22.3 Å². The zero-order valence-corrected chi connectivity index (χ0v) is 15.1. The van der Waals surface area contributed by atoms with Crippen LogP contribution in [0.3, 0.4) is 0 Å². The highest BCUT2D eigenvalue weighted by atomic mass is 14.8. The van der Waals surface area contributed by atoms with Crippen molar-refractivity contribution < 1.29 is 0 Å². The fourth-order valence-electron chi connectivity index (χ4n) is 2.80. The van der Waals surface area contributed by atoms with E-state index in [-0.39, 0.29) is 0 Å². The summed E-state index contributed by atoms with van der Waals surface area (Å²) in [5.74, 6) is 0. The number of hydrogen-bond donors (Lipinski definition) is 0. The smallest absolute Gasteiger partial charge is 0.0687 e. The molecule has 2 nitrogen and oxygen atoms in total. The van der Waals surface area contributed by atoms with Crippen LogP contribution < -0.4 is 0 Å². The van der Waals surface area contributed by atoms with E-state index in [0.29, 0.717) is 0 Å². The zero-order chi connectivity index (χ0) is 17.0. The van der Waals surface area contributed by atoms with Crippen molar-refractivity contribution in [2.75, 3.05) is 0 Å². The normalized spacial score (nSPS) is 12.6. The summed E-state index contributed by atoms with van der Waals surface area (Å²) in [5.41, 5.74) is 9.23. The molecule has 0 aromatic heterocycles. The number of aliphatic imine (C=N–C) groups is 2. The van der Waals surface area contributed by atoms with E-state index < -0.39 is 0 Å². The molecule has 2 aromatic rings. The third kappa shape index (κ3) is 4.38. The summed E-state index contributed by atoms with van der Waals surface area (Å²) < 4.78 is 0. The van der Waals surface area contributed by atoms with E-state index in [1.807, 2.05) is 0 Å². The molecule has 0 saturated heterocycles. The molecule has 0 aliphatic rings. The molecule has 0 saturated carbocycles. The molecule has 2 aromatic carbocycles. The second-order valence-electron chi connectivity index (χ2n) is 6.35. The summed E-state index contributed by atoms with van der Waals surface area (Å²) in [5, 5.41) is 0. The molecule has 23 heavy (non-hydrogen) atoms. The second-order valence-corrected chi connectivity index (χ2v) is 6.35. The highest BCUT2D eigenvalue weighted by Gasteiger charge is 2.04. The summed E-state index contributed by atoms with van der Waals surface area (Å²) in [4.78, 5) is 9.64. The Hall–Kier alpha value is -2.22. The van der Waals surface area contributed by atoms with Gasteiger partial charge in [0.25, 0.3) is 0 Å². The highest BCUT2D eigenvalue weighted by molar-refractivity contribution is 6.04. The van der Waals surface area contributed by atoms with Crippen LogP contribution in [0.4, 0.5) is 11.4 Å². The lowest BCUT2D eigenvalue weighted by molar-refractivity contribution is 1.28. The average Bonchev–Trinajstić information content (AvgIpc) is 2.47. The van der Waals surface area contributed by atoms with Gasteiger partial charge < -0.3 is 0 Å². The minimum absolute atomic E-state index is 0.793. The Morgan fingerprint density at radius 1 is 0.652 bits per heavy atom. The van der Waals surface area contributed by atoms with Crippen molar-refractivity contribution in [3.8, 4) is 0 Å². The maximum atomic E-state index is 4.82. The molecule has 0 radical (unpaired) electrons. The van der Waals surface area contributed by atoms with E-state index in [2.05, 4.69) is 77.9 Å². The quantitative estimate of drug-likeness (QED) is 0.601. The van der Waals surface area contributed by atoms with Gasteiger partial charge in [0.2, 0.25) is 0 Å². The van der Waals surface area contributed by atoms with Crippen molar-refractivity contribution in [1.82, 2.24) is 0 Å². The summed E-state index contributed by atoms with van der Waals surface area (Å²) >= 11 is 0. The molecule has 0 atom stereocenters. The van der Waals surface area contributed by atoms with Crippen molar-refractivity contribution in [2.45, 2.75) is 48.0 Å². The van der Waals surface area contributed by atoms with Gasteiger partial charge in [0.05, 0.1) is 11.4 Å². The van der Waals surface area contributed by atoms with Gasteiger partial charge in [0.1, 0.15) is 0 Å². The van der Waals surface area contributed by atoms with Gasteiger partial charge in [-0.3, -0.25) is 9.98 Å². The molecule has 0 fully saturated rings. The van der Waals surface area contributed by atoms with Gasteiger partial charge in [-0.05, 0) is 63.8 Å². The molecule has 120 valence electrons. The number of rotatable bonds is 4. The highest BCUT2D eigenvalue weighted by Crippen LogP contribution is 2.25. The molecule has 0 heterocycles. The number of para-hydroxylation sites is 2. The third-order valence-electron chi connectivity index (χ3n) is 4.00. The van der Waals surface area contributed by atoms with Gasteiger partial charge in [-0.2, -0.15) is 0 Å². The molecular formula is C21H26N2. The number of benzene rings is 2. The summed E-state index contributed by atoms with van der Waals surface area (Å²) in [6.45, 7) is 12.6. The molecule has 0 N–H and O–H groups in total. The van der Waals surface area contributed by atoms with Crippen LogP contribution in [0, 0.1) is 27.7 Å². The SMILES string of the molecule is C/C(C/C(C)=N/c1c(C)cccc1C)=N/c1c(C)cccc1C. The van der Waals surface area contributed by atoms with E-state index >= 15 is 0 Å². The van der Waals surface area contributed by atoms with Crippen molar-refractivity contribution in [3.05, 3.63) is 58.7 Å². The largest absolute Gasteiger partial charge is 0.257 e. The molecule has 2 rings (SSSR count). The number of hydrogen-bond acceptors (Lipinski definition) is 2. The first-order valence-corrected chi connectivity index (χ1v) is 8.09. The lowest BCUT2D eigenvalue weighted by Gasteiger charge is -2.08. The van der Waals surface area contributed by atoms with Crippen LogP contribution in [0.15, 0.2) is 46.4 Å². The predicted octanol–water partition coefficient (Wildman–Crippen LogP) is 6.20. The first-order chi connectivity index (χ1) is 10.9. The first-order valence-electron chi connectivity index (χ1n) is 8.09. The van der Waals surface area contributed by atoms with E-state index in [1.54, 1.807) is 0 Å². The van der Waals surface area contributed by atoms with Crippen LogP contribution in [-0.2, 0) is 0 Å². The molecule has 0 amide bonds. The van der Waals surface area contributed by atoms with Crippen LogP contribution >= 0.6 is 0 Å². The molecule has 0 aliphatic heterocycles. The molecule has 0 bridgehead atoms.